The lowest BCUT2D eigenvalue weighted by atomic mass is 10.1. The molecule has 1 aromatic heterocycles. The Kier molecular flexibility index (Phi) is 8.24. The van der Waals surface area contributed by atoms with Crippen LogP contribution in [-0.4, -0.2) is 45.9 Å². The minimum absolute atomic E-state index is 0.300. The first-order valence-corrected chi connectivity index (χ1v) is 12.7. The van der Waals surface area contributed by atoms with Crippen LogP contribution < -0.4 is 9.73 Å². The standard InChI is InChI=1S/C23H22BrN3O6S/c1-3-32-23(29)17-9-7-16(8-10-17)21-12-11-20(33-21)14-25-26-22(28)15-27(34(2,30)31)19-6-4-5-18(24)13-19/h4-14H,3,15H2,1-2H3,(H,26,28)/b25-14-. The molecule has 0 aliphatic carbocycles. The number of hydrogen-bond donors (Lipinski definition) is 1. The van der Waals surface area contributed by atoms with Crippen LogP contribution in [0.25, 0.3) is 11.3 Å². The van der Waals surface area contributed by atoms with E-state index in [0.717, 1.165) is 16.1 Å². The first-order chi connectivity index (χ1) is 16.2. The Morgan fingerprint density at radius 3 is 2.53 bits per heavy atom. The largest absolute Gasteiger partial charge is 0.462 e. The summed E-state index contributed by atoms with van der Waals surface area (Å²) in [6.07, 6.45) is 2.33. The number of hydrogen-bond acceptors (Lipinski definition) is 7. The van der Waals surface area contributed by atoms with Crippen LogP contribution in [0, 0.1) is 0 Å². The number of halogens is 1. The van der Waals surface area contributed by atoms with E-state index in [4.69, 9.17) is 9.15 Å². The maximum Gasteiger partial charge on any atom is 0.338 e. The maximum atomic E-state index is 12.3. The molecule has 0 fully saturated rings. The van der Waals surface area contributed by atoms with Gasteiger partial charge in [-0.2, -0.15) is 5.10 Å². The van der Waals surface area contributed by atoms with Crippen LogP contribution >= 0.6 is 15.9 Å². The van der Waals surface area contributed by atoms with E-state index in [1.54, 1.807) is 67.6 Å². The van der Waals surface area contributed by atoms with Gasteiger partial charge in [-0.05, 0) is 49.4 Å². The molecule has 1 heterocycles. The number of hydrazone groups is 1. The average Bonchev–Trinajstić information content (AvgIpc) is 3.26. The van der Waals surface area contributed by atoms with Crippen molar-refractivity contribution in [1.82, 2.24) is 5.43 Å². The number of nitrogens with one attached hydrogen (secondary N) is 1. The monoisotopic (exact) mass is 547 g/mol. The third kappa shape index (κ3) is 6.78. The summed E-state index contributed by atoms with van der Waals surface area (Å²) in [6.45, 7) is 1.60. The van der Waals surface area contributed by atoms with Crippen LogP contribution in [0.2, 0.25) is 0 Å². The number of nitrogens with zero attached hydrogens (tertiary/aromatic N) is 2. The Bertz CT molecular complexity index is 1300. The fourth-order valence-electron chi connectivity index (χ4n) is 2.93. The molecule has 0 atom stereocenters. The fraction of sp³-hybridized carbons (Fsp3) is 0.174. The van der Waals surface area contributed by atoms with Crippen molar-refractivity contribution < 1.29 is 27.2 Å². The van der Waals surface area contributed by atoms with E-state index >= 15 is 0 Å². The van der Waals surface area contributed by atoms with Crippen LogP contribution in [0.5, 0.6) is 0 Å². The second-order valence-electron chi connectivity index (χ2n) is 7.04. The van der Waals surface area contributed by atoms with Crippen molar-refractivity contribution in [3.05, 3.63) is 76.5 Å². The number of sulfonamides is 1. The van der Waals surface area contributed by atoms with Gasteiger partial charge in [0.15, 0.2) is 0 Å². The summed E-state index contributed by atoms with van der Waals surface area (Å²) in [5.74, 6) is -0.104. The fourth-order valence-corrected chi connectivity index (χ4v) is 4.16. The zero-order valence-corrected chi connectivity index (χ0v) is 20.8. The Morgan fingerprint density at radius 2 is 1.88 bits per heavy atom. The first kappa shape index (κ1) is 25.2. The second kappa shape index (κ2) is 11.1. The van der Waals surface area contributed by atoms with Crippen LogP contribution in [0.15, 0.2) is 74.7 Å². The summed E-state index contributed by atoms with van der Waals surface area (Å²) in [6, 6.07) is 16.7. The number of rotatable bonds is 9. The highest BCUT2D eigenvalue weighted by Crippen LogP contribution is 2.23. The van der Waals surface area contributed by atoms with Crippen LogP contribution in [0.3, 0.4) is 0 Å². The lowest BCUT2D eigenvalue weighted by molar-refractivity contribution is -0.119. The van der Waals surface area contributed by atoms with Gasteiger partial charge in [0.2, 0.25) is 10.0 Å². The third-order valence-electron chi connectivity index (χ3n) is 4.47. The predicted molar refractivity (Wildman–Crippen MR) is 132 cm³/mol. The summed E-state index contributed by atoms with van der Waals surface area (Å²) < 4.78 is 36.6. The SMILES string of the molecule is CCOC(=O)c1ccc(-c2ccc(/C=N\NC(=O)CN(c3cccc(Br)c3)S(C)(=O)=O)o2)cc1. The number of esters is 1. The third-order valence-corrected chi connectivity index (χ3v) is 6.11. The molecule has 9 nitrogen and oxygen atoms in total. The molecule has 0 spiro atoms. The molecule has 178 valence electrons. The van der Waals surface area contributed by atoms with E-state index in [2.05, 4.69) is 26.5 Å². The Balaban J connectivity index is 1.62. The summed E-state index contributed by atoms with van der Waals surface area (Å²) in [4.78, 5) is 24.0. The minimum Gasteiger partial charge on any atom is -0.462 e. The van der Waals surface area contributed by atoms with Crippen molar-refractivity contribution in [1.29, 1.82) is 0 Å². The van der Waals surface area contributed by atoms with E-state index in [0.29, 0.717) is 33.9 Å². The second-order valence-corrected chi connectivity index (χ2v) is 9.87. The molecule has 0 saturated heterocycles. The summed E-state index contributed by atoms with van der Waals surface area (Å²) in [5, 5.41) is 3.84. The van der Waals surface area contributed by atoms with E-state index in [-0.39, 0.29) is 0 Å². The highest BCUT2D eigenvalue weighted by molar-refractivity contribution is 9.10. The molecule has 2 aromatic carbocycles. The number of carbonyl (C=O) groups excluding carboxylic acids is 2. The number of carbonyl (C=O) groups is 2. The molecule has 1 amide bonds. The minimum atomic E-state index is -3.69. The molecule has 0 radical (unpaired) electrons. The average molecular weight is 548 g/mol. The molecular weight excluding hydrogens is 526 g/mol. The van der Waals surface area contributed by atoms with Crippen molar-refractivity contribution in [3.63, 3.8) is 0 Å². The highest BCUT2D eigenvalue weighted by Gasteiger charge is 2.21. The zero-order chi connectivity index (χ0) is 24.7. The Hall–Kier alpha value is -3.44. The quantitative estimate of drug-likeness (QED) is 0.247. The van der Waals surface area contributed by atoms with Gasteiger partial charge < -0.3 is 9.15 Å². The van der Waals surface area contributed by atoms with Crippen LogP contribution in [0.4, 0.5) is 5.69 Å². The van der Waals surface area contributed by atoms with Gasteiger partial charge in [-0.3, -0.25) is 9.10 Å². The van der Waals surface area contributed by atoms with Gasteiger partial charge in [-0.1, -0.05) is 34.1 Å². The molecule has 34 heavy (non-hydrogen) atoms. The predicted octanol–water partition coefficient (Wildman–Crippen LogP) is 3.80. The van der Waals surface area contributed by atoms with Gasteiger partial charge in [-0.25, -0.2) is 18.6 Å². The number of amides is 1. The lowest BCUT2D eigenvalue weighted by Crippen LogP contribution is -2.39. The Morgan fingerprint density at radius 1 is 1.15 bits per heavy atom. The zero-order valence-electron chi connectivity index (χ0n) is 18.4. The number of benzene rings is 2. The van der Waals surface area contributed by atoms with Gasteiger partial charge in [-0.15, -0.1) is 0 Å². The smallest absolute Gasteiger partial charge is 0.338 e. The number of furan rings is 1. The molecule has 0 aliphatic rings. The van der Waals surface area contributed by atoms with Crippen LogP contribution in [0.1, 0.15) is 23.0 Å². The van der Waals surface area contributed by atoms with E-state index in [9.17, 15) is 18.0 Å². The van der Waals surface area contributed by atoms with Crippen molar-refractivity contribution in [3.8, 4) is 11.3 Å². The summed E-state index contributed by atoms with van der Waals surface area (Å²) >= 11 is 3.29. The van der Waals surface area contributed by atoms with Gasteiger partial charge in [0.05, 0.1) is 30.3 Å². The molecule has 3 rings (SSSR count). The Labute approximate surface area is 205 Å². The van der Waals surface area contributed by atoms with Gasteiger partial charge >= 0.3 is 5.97 Å². The van der Waals surface area contributed by atoms with Crippen molar-refractivity contribution in [2.45, 2.75) is 6.92 Å². The molecule has 3 aromatic rings. The molecule has 1 N–H and O–H groups in total. The molecule has 0 bridgehead atoms. The highest BCUT2D eigenvalue weighted by atomic mass is 79.9. The topological polar surface area (TPSA) is 118 Å². The van der Waals surface area contributed by atoms with Crippen molar-refractivity contribution >= 4 is 49.7 Å². The van der Waals surface area contributed by atoms with E-state index in [1.165, 1.54) is 6.21 Å². The summed E-state index contributed by atoms with van der Waals surface area (Å²) in [5.41, 5.74) is 3.83. The molecule has 0 aliphatic heterocycles. The first-order valence-electron chi connectivity index (χ1n) is 10.1. The van der Waals surface area contributed by atoms with Crippen molar-refractivity contribution in [2.75, 3.05) is 23.7 Å². The number of ether oxygens (including phenoxy) is 1. The lowest BCUT2D eigenvalue weighted by Gasteiger charge is -2.21. The molecular formula is C23H22BrN3O6S. The van der Waals surface area contributed by atoms with Gasteiger partial charge in [0, 0.05) is 10.0 Å². The molecule has 11 heteroatoms. The number of anilines is 1. The normalized spacial score (nSPS) is 11.4. The molecule has 0 saturated carbocycles. The van der Waals surface area contributed by atoms with E-state index < -0.39 is 28.4 Å². The molecule has 0 unspecified atom stereocenters. The maximum absolute atomic E-state index is 12.3. The van der Waals surface area contributed by atoms with Crippen molar-refractivity contribution in [2.24, 2.45) is 5.10 Å². The van der Waals surface area contributed by atoms with E-state index in [1.807, 2.05) is 0 Å². The summed E-state index contributed by atoms with van der Waals surface area (Å²) in [7, 11) is -3.69. The van der Waals surface area contributed by atoms with Crippen LogP contribution in [-0.2, 0) is 19.6 Å². The van der Waals surface area contributed by atoms with Gasteiger partial charge in [0.1, 0.15) is 18.1 Å². The van der Waals surface area contributed by atoms with Gasteiger partial charge in [0.25, 0.3) is 5.91 Å².